The van der Waals surface area contributed by atoms with E-state index in [0.717, 1.165) is 0 Å². The van der Waals surface area contributed by atoms with Gasteiger partial charge in [0.1, 0.15) is 18.0 Å². The molecule has 5 heteroatoms. The Morgan fingerprint density at radius 3 is 2.83 bits per heavy atom. The van der Waals surface area contributed by atoms with Gasteiger partial charge in [0, 0.05) is 17.4 Å². The molecule has 18 heavy (non-hydrogen) atoms. The van der Waals surface area contributed by atoms with Gasteiger partial charge in [-0.25, -0.2) is 0 Å². The highest BCUT2D eigenvalue weighted by molar-refractivity contribution is 6.30. The summed E-state index contributed by atoms with van der Waals surface area (Å²) in [4.78, 5) is 7.95. The van der Waals surface area contributed by atoms with Crippen LogP contribution in [0.25, 0.3) is 0 Å². The van der Waals surface area contributed by atoms with Gasteiger partial charge in [0.15, 0.2) is 0 Å². The predicted molar refractivity (Wildman–Crippen MR) is 68.5 cm³/mol. The molecule has 0 saturated heterocycles. The van der Waals surface area contributed by atoms with Crippen molar-refractivity contribution >= 4 is 11.6 Å². The van der Waals surface area contributed by atoms with Crippen LogP contribution in [0.2, 0.25) is 5.02 Å². The highest BCUT2D eigenvalue weighted by Crippen LogP contribution is 2.22. The summed E-state index contributed by atoms with van der Waals surface area (Å²) in [5, 5.41) is 10.7. The van der Waals surface area contributed by atoms with Crippen LogP contribution in [0.1, 0.15) is 18.7 Å². The van der Waals surface area contributed by atoms with Gasteiger partial charge in [-0.2, -0.15) is 0 Å². The standard InChI is InChI=1S/C13H13ClN2O2/c1-9(13(17)12-8-15-5-6-16-12)18-11-4-2-3-10(14)7-11/h2-9,13,17H,1H3. The predicted octanol–water partition coefficient (Wildman–Crippen LogP) is 2.63. The highest BCUT2D eigenvalue weighted by atomic mass is 35.5. The minimum atomic E-state index is -0.835. The van der Waals surface area contributed by atoms with Gasteiger partial charge in [0.2, 0.25) is 0 Å². The van der Waals surface area contributed by atoms with Gasteiger partial charge >= 0.3 is 0 Å². The van der Waals surface area contributed by atoms with E-state index in [4.69, 9.17) is 16.3 Å². The number of halogens is 1. The van der Waals surface area contributed by atoms with Crippen LogP contribution in [0, 0.1) is 0 Å². The van der Waals surface area contributed by atoms with Crippen molar-refractivity contribution in [3.63, 3.8) is 0 Å². The third-order valence-electron chi connectivity index (χ3n) is 2.45. The number of ether oxygens (including phenoxy) is 1. The van der Waals surface area contributed by atoms with Gasteiger partial charge in [-0.1, -0.05) is 17.7 Å². The lowest BCUT2D eigenvalue weighted by Gasteiger charge is -2.19. The van der Waals surface area contributed by atoms with Crippen molar-refractivity contribution in [3.8, 4) is 5.75 Å². The molecule has 0 spiro atoms. The number of aromatic nitrogens is 2. The largest absolute Gasteiger partial charge is 0.488 e. The molecule has 0 radical (unpaired) electrons. The summed E-state index contributed by atoms with van der Waals surface area (Å²) in [5.74, 6) is 0.609. The minimum Gasteiger partial charge on any atom is -0.488 e. The fraction of sp³-hybridized carbons (Fsp3) is 0.231. The smallest absolute Gasteiger partial charge is 0.134 e. The van der Waals surface area contributed by atoms with Gasteiger partial charge in [-0.3, -0.25) is 9.97 Å². The lowest BCUT2D eigenvalue weighted by atomic mass is 10.1. The van der Waals surface area contributed by atoms with E-state index in [1.54, 1.807) is 37.4 Å². The Kier molecular flexibility index (Phi) is 4.12. The molecule has 1 aromatic carbocycles. The Hall–Kier alpha value is -1.65. The van der Waals surface area contributed by atoms with Crippen LogP contribution < -0.4 is 4.74 Å². The molecular formula is C13H13ClN2O2. The zero-order valence-corrected chi connectivity index (χ0v) is 10.6. The lowest BCUT2D eigenvalue weighted by Crippen LogP contribution is -2.22. The lowest BCUT2D eigenvalue weighted by molar-refractivity contribution is 0.0436. The fourth-order valence-corrected chi connectivity index (χ4v) is 1.70. The van der Waals surface area contributed by atoms with Crippen LogP contribution in [0.3, 0.4) is 0 Å². The first-order valence-electron chi connectivity index (χ1n) is 5.53. The molecule has 2 atom stereocenters. The molecule has 0 aliphatic carbocycles. The SMILES string of the molecule is CC(Oc1cccc(Cl)c1)C(O)c1cnccn1. The average Bonchev–Trinajstić information content (AvgIpc) is 2.39. The Balaban J connectivity index is 2.06. The van der Waals surface area contributed by atoms with E-state index in [2.05, 4.69) is 9.97 Å². The maximum absolute atomic E-state index is 10.1. The normalized spacial score (nSPS) is 13.9. The zero-order valence-electron chi connectivity index (χ0n) is 9.82. The molecule has 0 saturated carbocycles. The molecule has 0 amide bonds. The van der Waals surface area contributed by atoms with Gasteiger partial charge < -0.3 is 9.84 Å². The number of rotatable bonds is 4. The van der Waals surface area contributed by atoms with E-state index < -0.39 is 12.2 Å². The molecule has 0 fully saturated rings. The minimum absolute atomic E-state index is 0.444. The van der Waals surface area contributed by atoms with Gasteiger partial charge in [-0.15, -0.1) is 0 Å². The Morgan fingerprint density at radius 1 is 1.33 bits per heavy atom. The summed E-state index contributed by atoms with van der Waals surface area (Å²) >= 11 is 5.86. The Bertz CT molecular complexity index is 507. The second-order valence-electron chi connectivity index (χ2n) is 3.86. The summed E-state index contributed by atoms with van der Waals surface area (Å²) in [6, 6.07) is 7.03. The van der Waals surface area contributed by atoms with Crippen LogP contribution in [0.5, 0.6) is 5.75 Å². The molecule has 4 nitrogen and oxygen atoms in total. The molecule has 1 aromatic heterocycles. The second-order valence-corrected chi connectivity index (χ2v) is 4.29. The molecule has 0 aliphatic heterocycles. The zero-order chi connectivity index (χ0) is 13.0. The quantitative estimate of drug-likeness (QED) is 0.922. The fourth-order valence-electron chi connectivity index (χ4n) is 1.52. The third-order valence-corrected chi connectivity index (χ3v) is 2.68. The van der Waals surface area contributed by atoms with E-state index in [1.165, 1.54) is 12.4 Å². The summed E-state index contributed by atoms with van der Waals surface area (Å²) < 4.78 is 5.61. The van der Waals surface area contributed by atoms with Crippen molar-refractivity contribution in [3.05, 3.63) is 53.6 Å². The number of aliphatic hydroxyl groups excluding tert-OH is 1. The number of nitrogens with zero attached hydrogens (tertiary/aromatic N) is 2. The van der Waals surface area contributed by atoms with Gasteiger partial charge in [0.05, 0.1) is 11.9 Å². The van der Waals surface area contributed by atoms with Crippen molar-refractivity contribution in [2.45, 2.75) is 19.1 Å². The highest BCUT2D eigenvalue weighted by Gasteiger charge is 2.19. The Labute approximate surface area is 110 Å². The first-order valence-corrected chi connectivity index (χ1v) is 5.91. The van der Waals surface area contributed by atoms with Crippen molar-refractivity contribution in [2.75, 3.05) is 0 Å². The van der Waals surface area contributed by atoms with E-state index in [1.807, 2.05) is 0 Å². The number of hydrogen-bond donors (Lipinski definition) is 1. The first-order chi connectivity index (χ1) is 8.66. The average molecular weight is 265 g/mol. The second kappa shape index (κ2) is 5.80. The van der Waals surface area contributed by atoms with E-state index >= 15 is 0 Å². The molecule has 0 bridgehead atoms. The summed E-state index contributed by atoms with van der Waals surface area (Å²) in [7, 11) is 0. The van der Waals surface area contributed by atoms with Crippen molar-refractivity contribution in [1.82, 2.24) is 9.97 Å². The molecular weight excluding hydrogens is 252 g/mol. The Morgan fingerprint density at radius 2 is 2.17 bits per heavy atom. The van der Waals surface area contributed by atoms with Crippen molar-refractivity contribution in [1.29, 1.82) is 0 Å². The van der Waals surface area contributed by atoms with Crippen molar-refractivity contribution in [2.24, 2.45) is 0 Å². The third kappa shape index (κ3) is 3.18. The monoisotopic (exact) mass is 264 g/mol. The van der Waals surface area contributed by atoms with Crippen LogP contribution in [0.15, 0.2) is 42.9 Å². The molecule has 2 rings (SSSR count). The molecule has 94 valence electrons. The molecule has 1 N–H and O–H groups in total. The van der Waals surface area contributed by atoms with Gasteiger partial charge in [0.25, 0.3) is 0 Å². The molecule has 0 aliphatic rings. The molecule has 2 aromatic rings. The molecule has 2 unspecified atom stereocenters. The van der Waals surface area contributed by atoms with E-state index in [-0.39, 0.29) is 0 Å². The first kappa shape index (κ1) is 12.8. The summed E-state index contributed by atoms with van der Waals surface area (Å²) in [6.45, 7) is 1.76. The van der Waals surface area contributed by atoms with E-state index in [0.29, 0.717) is 16.5 Å². The van der Waals surface area contributed by atoms with Crippen LogP contribution in [0.4, 0.5) is 0 Å². The van der Waals surface area contributed by atoms with Crippen LogP contribution in [-0.2, 0) is 0 Å². The number of hydrogen-bond acceptors (Lipinski definition) is 4. The summed E-state index contributed by atoms with van der Waals surface area (Å²) in [6.07, 6.45) is 3.32. The van der Waals surface area contributed by atoms with Crippen LogP contribution >= 0.6 is 11.6 Å². The number of aliphatic hydroxyl groups is 1. The van der Waals surface area contributed by atoms with Crippen molar-refractivity contribution < 1.29 is 9.84 Å². The van der Waals surface area contributed by atoms with Crippen LogP contribution in [-0.4, -0.2) is 21.2 Å². The topological polar surface area (TPSA) is 55.2 Å². The number of benzene rings is 1. The maximum atomic E-state index is 10.1. The maximum Gasteiger partial charge on any atom is 0.134 e. The summed E-state index contributed by atoms with van der Waals surface area (Å²) in [5.41, 5.74) is 0.479. The molecule has 1 heterocycles. The van der Waals surface area contributed by atoms with E-state index in [9.17, 15) is 5.11 Å². The van der Waals surface area contributed by atoms with Gasteiger partial charge in [-0.05, 0) is 25.1 Å².